The van der Waals surface area contributed by atoms with Gasteiger partial charge < -0.3 is 24.7 Å². The summed E-state index contributed by atoms with van der Waals surface area (Å²) in [6.45, 7) is 9.95. The van der Waals surface area contributed by atoms with Gasteiger partial charge >= 0.3 is 11.9 Å². The molecule has 2 aromatic rings. The maximum Gasteiger partial charge on any atom is 0.414 e. The molecule has 2 heterocycles. The molecule has 0 atom stereocenters. The van der Waals surface area contributed by atoms with Crippen molar-refractivity contribution in [3.63, 3.8) is 0 Å². The van der Waals surface area contributed by atoms with Crippen molar-refractivity contribution < 1.29 is 29.3 Å². The molecule has 2 saturated heterocycles. The highest BCUT2D eigenvalue weighted by Crippen LogP contribution is 2.25. The number of piperazine rings is 1. The van der Waals surface area contributed by atoms with Crippen molar-refractivity contribution in [1.82, 2.24) is 14.7 Å². The van der Waals surface area contributed by atoms with Gasteiger partial charge in [-0.2, -0.15) is 0 Å². The molecule has 0 aromatic heterocycles. The Balaban J connectivity index is 0.000000538. The van der Waals surface area contributed by atoms with Crippen LogP contribution in [0.1, 0.15) is 25.3 Å². The van der Waals surface area contributed by atoms with Crippen LogP contribution in [0.4, 0.5) is 0 Å². The number of hydrogen-bond acceptors (Lipinski definition) is 6. The number of benzene rings is 2. The molecule has 2 aromatic carbocycles. The number of aliphatic carboxylic acids is 2. The number of carboxylic acid groups (broad SMARTS) is 2. The van der Waals surface area contributed by atoms with Gasteiger partial charge in [0.1, 0.15) is 11.5 Å². The van der Waals surface area contributed by atoms with Crippen molar-refractivity contribution >= 4 is 17.8 Å². The van der Waals surface area contributed by atoms with Crippen LogP contribution in [-0.2, 0) is 20.9 Å². The Morgan fingerprint density at radius 1 is 0.806 bits per heavy atom. The minimum Gasteiger partial charge on any atom is -0.473 e. The van der Waals surface area contributed by atoms with Crippen LogP contribution in [0.25, 0.3) is 0 Å². The van der Waals surface area contributed by atoms with Crippen LogP contribution in [0, 0.1) is 5.92 Å². The van der Waals surface area contributed by atoms with Crippen molar-refractivity contribution in [2.45, 2.75) is 26.3 Å². The Hall–Kier alpha value is -3.43. The van der Waals surface area contributed by atoms with Crippen molar-refractivity contribution in [2.75, 3.05) is 45.8 Å². The van der Waals surface area contributed by atoms with Gasteiger partial charge in [-0.05, 0) is 62.3 Å². The number of carboxylic acids is 2. The Morgan fingerprint density at radius 3 is 2.00 bits per heavy atom. The zero-order valence-corrected chi connectivity index (χ0v) is 20.7. The summed E-state index contributed by atoms with van der Waals surface area (Å²) in [4.78, 5) is 38.1. The molecule has 36 heavy (non-hydrogen) atoms. The van der Waals surface area contributed by atoms with E-state index in [0.717, 1.165) is 76.7 Å². The molecule has 194 valence electrons. The van der Waals surface area contributed by atoms with Crippen LogP contribution in [0.15, 0.2) is 54.6 Å². The summed E-state index contributed by atoms with van der Waals surface area (Å²) < 4.78 is 5.97. The SMILES string of the molecule is CCN1CCN(C(=O)C2CCN(Cc3cccc(Oc4ccccc4)c3)CC2)CC1.O=C(O)C(=O)O. The first-order valence-electron chi connectivity index (χ1n) is 12.4. The molecule has 9 heteroatoms. The summed E-state index contributed by atoms with van der Waals surface area (Å²) in [7, 11) is 0. The van der Waals surface area contributed by atoms with Crippen LogP contribution in [0.5, 0.6) is 11.5 Å². The van der Waals surface area contributed by atoms with Crippen LogP contribution >= 0.6 is 0 Å². The topological polar surface area (TPSA) is 111 Å². The summed E-state index contributed by atoms with van der Waals surface area (Å²) in [5, 5.41) is 14.8. The average Bonchev–Trinajstić information content (AvgIpc) is 2.90. The molecule has 2 aliphatic rings. The normalized spacial score (nSPS) is 17.1. The molecule has 0 aliphatic carbocycles. The van der Waals surface area contributed by atoms with E-state index in [4.69, 9.17) is 24.5 Å². The lowest BCUT2D eigenvalue weighted by molar-refractivity contribution is -0.159. The predicted octanol–water partition coefficient (Wildman–Crippen LogP) is 3.01. The molecule has 0 saturated carbocycles. The Bertz CT molecular complexity index is 988. The van der Waals surface area contributed by atoms with E-state index in [-0.39, 0.29) is 5.92 Å². The number of likely N-dealkylation sites (N-methyl/N-ethyl adjacent to an activating group) is 1. The zero-order valence-electron chi connectivity index (χ0n) is 20.7. The molecule has 2 fully saturated rings. The second kappa shape index (κ2) is 13.6. The number of hydrogen-bond donors (Lipinski definition) is 2. The minimum absolute atomic E-state index is 0.196. The molecule has 0 radical (unpaired) electrons. The van der Waals surface area contributed by atoms with Gasteiger partial charge in [-0.1, -0.05) is 37.3 Å². The predicted molar refractivity (Wildman–Crippen MR) is 135 cm³/mol. The minimum atomic E-state index is -1.82. The Kier molecular flexibility index (Phi) is 10.3. The molecular weight excluding hydrogens is 462 g/mol. The van der Waals surface area contributed by atoms with Gasteiger partial charge in [-0.3, -0.25) is 9.69 Å². The summed E-state index contributed by atoms with van der Waals surface area (Å²) in [6.07, 6.45) is 1.93. The van der Waals surface area contributed by atoms with Crippen molar-refractivity contribution in [1.29, 1.82) is 0 Å². The highest BCUT2D eigenvalue weighted by Gasteiger charge is 2.30. The van der Waals surface area contributed by atoms with Gasteiger partial charge in [0.25, 0.3) is 0 Å². The number of para-hydroxylation sites is 1. The third kappa shape index (κ3) is 8.35. The molecule has 2 N–H and O–H groups in total. The number of piperidine rings is 1. The van der Waals surface area contributed by atoms with Crippen LogP contribution in [0.2, 0.25) is 0 Å². The molecule has 0 bridgehead atoms. The maximum absolute atomic E-state index is 12.9. The molecule has 0 spiro atoms. The fourth-order valence-electron chi connectivity index (χ4n) is 4.47. The van der Waals surface area contributed by atoms with E-state index in [1.54, 1.807) is 0 Å². The fraction of sp³-hybridized carbons (Fsp3) is 0.444. The summed E-state index contributed by atoms with van der Waals surface area (Å²) >= 11 is 0. The van der Waals surface area contributed by atoms with Crippen molar-refractivity contribution in [2.24, 2.45) is 5.92 Å². The van der Waals surface area contributed by atoms with Crippen LogP contribution in [0.3, 0.4) is 0 Å². The number of nitrogens with zero attached hydrogens (tertiary/aromatic N) is 3. The first-order chi connectivity index (χ1) is 17.4. The number of carbonyl (C=O) groups excluding carboxylic acids is 1. The maximum atomic E-state index is 12.9. The molecule has 2 aliphatic heterocycles. The lowest BCUT2D eigenvalue weighted by Gasteiger charge is -2.38. The second-order valence-corrected chi connectivity index (χ2v) is 8.98. The third-order valence-corrected chi connectivity index (χ3v) is 6.53. The molecule has 4 rings (SSSR count). The number of ether oxygens (including phenoxy) is 1. The molecule has 1 amide bonds. The number of amides is 1. The zero-order chi connectivity index (χ0) is 25.9. The van der Waals surface area contributed by atoms with Gasteiger partial charge in [0.05, 0.1) is 0 Å². The van der Waals surface area contributed by atoms with E-state index >= 15 is 0 Å². The molecule has 0 unspecified atom stereocenters. The highest BCUT2D eigenvalue weighted by atomic mass is 16.5. The van der Waals surface area contributed by atoms with Crippen molar-refractivity contribution in [3.8, 4) is 11.5 Å². The first-order valence-corrected chi connectivity index (χ1v) is 12.4. The highest BCUT2D eigenvalue weighted by molar-refractivity contribution is 6.27. The van der Waals surface area contributed by atoms with Gasteiger partial charge in [0, 0.05) is 38.6 Å². The Morgan fingerprint density at radius 2 is 1.42 bits per heavy atom. The van der Waals surface area contributed by atoms with E-state index in [2.05, 4.69) is 39.8 Å². The number of likely N-dealkylation sites (tertiary alicyclic amines) is 1. The monoisotopic (exact) mass is 497 g/mol. The largest absolute Gasteiger partial charge is 0.473 e. The van der Waals surface area contributed by atoms with Gasteiger partial charge in [0.2, 0.25) is 5.91 Å². The summed E-state index contributed by atoms with van der Waals surface area (Å²) in [5.74, 6) is -1.35. The lowest BCUT2D eigenvalue weighted by Crippen LogP contribution is -2.51. The van der Waals surface area contributed by atoms with Gasteiger partial charge in [0.15, 0.2) is 0 Å². The average molecular weight is 498 g/mol. The summed E-state index contributed by atoms with van der Waals surface area (Å²) in [6, 6.07) is 18.2. The van der Waals surface area contributed by atoms with Gasteiger partial charge in [-0.15, -0.1) is 0 Å². The Labute approximate surface area is 211 Å². The van der Waals surface area contributed by atoms with Crippen LogP contribution < -0.4 is 4.74 Å². The molecule has 9 nitrogen and oxygen atoms in total. The standard InChI is InChI=1S/C25H33N3O2.C2H2O4/c1-2-26-15-17-28(18-16-26)25(29)22-11-13-27(14-12-22)20-21-7-6-10-24(19-21)30-23-8-4-3-5-9-23;3-1(4)2(5)6/h3-10,19,22H,2,11-18,20H2,1H3;(H,3,4)(H,5,6). The first kappa shape index (κ1) is 27.2. The van der Waals surface area contributed by atoms with Crippen LogP contribution in [-0.4, -0.2) is 88.6 Å². The smallest absolute Gasteiger partial charge is 0.414 e. The van der Waals surface area contributed by atoms with E-state index in [0.29, 0.717) is 5.91 Å². The van der Waals surface area contributed by atoms with Gasteiger partial charge in [-0.25, -0.2) is 9.59 Å². The lowest BCUT2D eigenvalue weighted by atomic mass is 9.94. The number of rotatable bonds is 6. The van der Waals surface area contributed by atoms with E-state index < -0.39 is 11.9 Å². The molecular formula is C27H35N3O6. The quantitative estimate of drug-likeness (QED) is 0.586. The fourth-order valence-corrected chi connectivity index (χ4v) is 4.47. The van der Waals surface area contributed by atoms with Crippen molar-refractivity contribution in [3.05, 3.63) is 60.2 Å². The third-order valence-electron chi connectivity index (χ3n) is 6.53. The van der Waals surface area contributed by atoms with E-state index in [1.165, 1.54) is 5.56 Å². The summed E-state index contributed by atoms with van der Waals surface area (Å²) in [5.41, 5.74) is 1.25. The second-order valence-electron chi connectivity index (χ2n) is 8.98. The van der Waals surface area contributed by atoms with E-state index in [9.17, 15) is 4.79 Å². The number of carbonyl (C=O) groups is 3. The van der Waals surface area contributed by atoms with E-state index in [1.807, 2.05) is 36.4 Å².